The zero-order valence-electron chi connectivity index (χ0n) is 12.4. The minimum atomic E-state index is -0.864. The quantitative estimate of drug-likeness (QED) is 0.896. The summed E-state index contributed by atoms with van der Waals surface area (Å²) in [6.45, 7) is 6.62. The fraction of sp³-hybridized carbons (Fsp3) is 0.562. The Balaban J connectivity index is 1.88. The number of nitrogens with zero attached hydrogens (tertiary/aromatic N) is 2. The highest BCUT2D eigenvalue weighted by atomic mass is 16.4. The third-order valence-electron chi connectivity index (χ3n) is 4.26. The zero-order valence-corrected chi connectivity index (χ0v) is 12.4. The van der Waals surface area contributed by atoms with Crippen molar-refractivity contribution in [1.82, 2.24) is 9.80 Å². The lowest BCUT2D eigenvalue weighted by Gasteiger charge is -2.36. The van der Waals surface area contributed by atoms with Gasteiger partial charge in [0, 0.05) is 12.6 Å². The molecular weight excluding hydrogens is 252 g/mol. The summed E-state index contributed by atoms with van der Waals surface area (Å²) in [4.78, 5) is 15.7. The number of hydrogen-bond donors (Lipinski definition) is 1. The maximum absolute atomic E-state index is 10.8. The molecule has 0 spiro atoms. The van der Waals surface area contributed by atoms with Crippen LogP contribution in [0.5, 0.6) is 0 Å². The van der Waals surface area contributed by atoms with Crippen LogP contribution in [0.25, 0.3) is 0 Å². The van der Waals surface area contributed by atoms with Gasteiger partial charge in [-0.3, -0.25) is 4.90 Å². The lowest BCUT2D eigenvalue weighted by atomic mass is 10.0. The summed E-state index contributed by atoms with van der Waals surface area (Å²) >= 11 is 0. The van der Waals surface area contributed by atoms with Crippen molar-refractivity contribution in [2.24, 2.45) is 0 Å². The van der Waals surface area contributed by atoms with E-state index < -0.39 is 5.97 Å². The summed E-state index contributed by atoms with van der Waals surface area (Å²) in [6, 6.07) is 7.84. The Labute approximate surface area is 121 Å². The predicted octanol–water partition coefficient (Wildman–Crippen LogP) is 2.30. The van der Waals surface area contributed by atoms with Crippen LogP contribution in [-0.2, 0) is 6.54 Å². The van der Waals surface area contributed by atoms with Crippen molar-refractivity contribution in [2.75, 3.05) is 26.7 Å². The molecule has 1 heterocycles. The van der Waals surface area contributed by atoms with Crippen molar-refractivity contribution in [2.45, 2.75) is 32.4 Å². The molecule has 110 valence electrons. The van der Waals surface area contributed by atoms with Gasteiger partial charge in [0.25, 0.3) is 0 Å². The molecule has 1 saturated heterocycles. The van der Waals surface area contributed by atoms with Gasteiger partial charge in [0.05, 0.1) is 5.56 Å². The van der Waals surface area contributed by atoms with E-state index in [0.29, 0.717) is 11.6 Å². The van der Waals surface area contributed by atoms with Crippen molar-refractivity contribution < 1.29 is 9.90 Å². The van der Waals surface area contributed by atoms with Crippen LogP contribution in [0, 0.1) is 0 Å². The molecule has 0 aromatic heterocycles. The molecule has 0 aliphatic carbocycles. The first-order chi connectivity index (χ1) is 9.60. The second kappa shape index (κ2) is 6.86. The predicted molar refractivity (Wildman–Crippen MR) is 80.0 cm³/mol. The van der Waals surface area contributed by atoms with Crippen molar-refractivity contribution in [3.05, 3.63) is 35.4 Å². The van der Waals surface area contributed by atoms with E-state index in [1.54, 1.807) is 12.1 Å². The normalized spacial score (nSPS) is 17.6. The van der Waals surface area contributed by atoms with E-state index in [2.05, 4.69) is 23.8 Å². The molecule has 0 bridgehead atoms. The molecule has 1 aromatic rings. The summed E-state index contributed by atoms with van der Waals surface area (Å²) in [5.41, 5.74) is 1.53. The second-order valence-electron chi connectivity index (χ2n) is 5.58. The summed E-state index contributed by atoms with van der Waals surface area (Å²) < 4.78 is 0. The van der Waals surface area contributed by atoms with Crippen LogP contribution in [0.4, 0.5) is 0 Å². The number of rotatable bonds is 5. The highest BCUT2D eigenvalue weighted by molar-refractivity contribution is 5.87. The topological polar surface area (TPSA) is 43.8 Å². The second-order valence-corrected chi connectivity index (χ2v) is 5.58. The van der Waals surface area contributed by atoms with E-state index in [9.17, 15) is 4.79 Å². The molecule has 4 nitrogen and oxygen atoms in total. The van der Waals surface area contributed by atoms with E-state index in [1.807, 2.05) is 12.1 Å². The molecule has 1 aliphatic heterocycles. The van der Waals surface area contributed by atoms with E-state index >= 15 is 0 Å². The van der Waals surface area contributed by atoms with Gasteiger partial charge in [-0.25, -0.2) is 4.79 Å². The Morgan fingerprint density at radius 1 is 1.30 bits per heavy atom. The van der Waals surface area contributed by atoms with E-state index in [0.717, 1.165) is 13.1 Å². The van der Waals surface area contributed by atoms with Gasteiger partial charge >= 0.3 is 5.97 Å². The Kier molecular flexibility index (Phi) is 5.15. The fourth-order valence-electron chi connectivity index (χ4n) is 2.85. The van der Waals surface area contributed by atoms with Crippen molar-refractivity contribution >= 4 is 5.97 Å². The number of hydrogen-bond acceptors (Lipinski definition) is 3. The number of carboxylic acids is 1. The third kappa shape index (κ3) is 3.81. The van der Waals surface area contributed by atoms with Crippen molar-refractivity contribution in [3.8, 4) is 0 Å². The molecule has 0 unspecified atom stereocenters. The summed E-state index contributed by atoms with van der Waals surface area (Å²) in [6.07, 6.45) is 2.44. The van der Waals surface area contributed by atoms with Gasteiger partial charge in [-0.05, 0) is 57.2 Å². The molecule has 20 heavy (non-hydrogen) atoms. The van der Waals surface area contributed by atoms with Gasteiger partial charge in [0.1, 0.15) is 0 Å². The highest BCUT2D eigenvalue weighted by Gasteiger charge is 2.21. The van der Waals surface area contributed by atoms with Crippen LogP contribution in [0.2, 0.25) is 0 Å². The summed E-state index contributed by atoms with van der Waals surface area (Å²) in [5.74, 6) is -0.864. The van der Waals surface area contributed by atoms with Crippen LogP contribution in [0.15, 0.2) is 24.3 Å². The van der Waals surface area contributed by atoms with Crippen LogP contribution in [0.3, 0.4) is 0 Å². The molecule has 2 rings (SSSR count). The lowest BCUT2D eigenvalue weighted by molar-refractivity contribution is 0.0697. The summed E-state index contributed by atoms with van der Waals surface area (Å²) in [7, 11) is 2.16. The largest absolute Gasteiger partial charge is 0.478 e. The lowest BCUT2D eigenvalue weighted by Crippen LogP contribution is -2.42. The fourth-order valence-corrected chi connectivity index (χ4v) is 2.85. The molecule has 1 N–H and O–H groups in total. The molecule has 0 amide bonds. The van der Waals surface area contributed by atoms with Crippen molar-refractivity contribution in [3.63, 3.8) is 0 Å². The van der Waals surface area contributed by atoms with Crippen molar-refractivity contribution in [1.29, 1.82) is 0 Å². The first kappa shape index (κ1) is 15.0. The monoisotopic (exact) mass is 276 g/mol. The zero-order chi connectivity index (χ0) is 14.5. The Morgan fingerprint density at radius 2 is 1.90 bits per heavy atom. The van der Waals surface area contributed by atoms with E-state index in [1.165, 1.54) is 31.5 Å². The van der Waals surface area contributed by atoms with Gasteiger partial charge in [0.15, 0.2) is 0 Å². The number of likely N-dealkylation sites (tertiary alicyclic amines) is 1. The molecule has 0 saturated carbocycles. The number of aromatic carboxylic acids is 1. The summed E-state index contributed by atoms with van der Waals surface area (Å²) in [5, 5.41) is 8.89. The number of carboxylic acid groups (broad SMARTS) is 1. The molecule has 1 aromatic carbocycles. The third-order valence-corrected chi connectivity index (χ3v) is 4.26. The molecule has 0 radical (unpaired) electrons. The Hall–Kier alpha value is -1.39. The van der Waals surface area contributed by atoms with E-state index in [-0.39, 0.29) is 0 Å². The van der Waals surface area contributed by atoms with Gasteiger partial charge in [-0.15, -0.1) is 0 Å². The van der Waals surface area contributed by atoms with Crippen LogP contribution in [-0.4, -0.2) is 53.6 Å². The number of piperidine rings is 1. The average molecular weight is 276 g/mol. The van der Waals surface area contributed by atoms with E-state index in [4.69, 9.17) is 5.11 Å². The smallest absolute Gasteiger partial charge is 0.335 e. The number of benzene rings is 1. The maximum Gasteiger partial charge on any atom is 0.335 e. The van der Waals surface area contributed by atoms with Gasteiger partial charge < -0.3 is 10.0 Å². The minimum Gasteiger partial charge on any atom is -0.478 e. The first-order valence-corrected chi connectivity index (χ1v) is 7.35. The Morgan fingerprint density at radius 3 is 2.40 bits per heavy atom. The van der Waals surface area contributed by atoms with Crippen LogP contribution < -0.4 is 0 Å². The van der Waals surface area contributed by atoms with Crippen LogP contribution in [0.1, 0.15) is 35.7 Å². The first-order valence-electron chi connectivity index (χ1n) is 7.35. The standard InChI is InChI=1S/C16H24N2O2/c1-3-18-10-8-15(9-11-18)17(2)12-13-4-6-14(7-5-13)16(19)20/h4-7,15H,3,8-12H2,1-2H3,(H,19,20). The average Bonchev–Trinajstić information content (AvgIpc) is 2.48. The van der Waals surface area contributed by atoms with Gasteiger partial charge in [0.2, 0.25) is 0 Å². The molecule has 4 heteroatoms. The van der Waals surface area contributed by atoms with Gasteiger partial charge in [-0.1, -0.05) is 19.1 Å². The molecule has 1 aliphatic rings. The maximum atomic E-state index is 10.8. The highest BCUT2D eigenvalue weighted by Crippen LogP contribution is 2.17. The molecule has 1 fully saturated rings. The Bertz CT molecular complexity index is 436. The number of carbonyl (C=O) groups is 1. The molecule has 0 atom stereocenters. The minimum absolute atomic E-state index is 0.354. The molecular formula is C16H24N2O2. The van der Waals surface area contributed by atoms with Gasteiger partial charge in [-0.2, -0.15) is 0 Å². The SMILES string of the molecule is CCN1CCC(N(C)Cc2ccc(C(=O)O)cc2)CC1. The van der Waals surface area contributed by atoms with Crippen LogP contribution >= 0.6 is 0 Å².